The maximum absolute atomic E-state index is 4.79. The summed E-state index contributed by atoms with van der Waals surface area (Å²) in [5.41, 5.74) is 1.04. The van der Waals surface area contributed by atoms with Gasteiger partial charge in [-0.2, -0.15) is 0 Å². The van der Waals surface area contributed by atoms with E-state index < -0.39 is 0 Å². The average Bonchev–Trinajstić information content (AvgIpc) is 3.25. The summed E-state index contributed by atoms with van der Waals surface area (Å²) in [6.45, 7) is 8.35. The summed E-state index contributed by atoms with van der Waals surface area (Å²) in [5, 5.41) is 3.50. The van der Waals surface area contributed by atoms with Crippen LogP contribution in [0, 0.1) is 5.92 Å². The van der Waals surface area contributed by atoms with Gasteiger partial charge in [-0.05, 0) is 32.9 Å². The molecule has 1 saturated carbocycles. The highest BCUT2D eigenvalue weighted by Gasteiger charge is 2.20. The Bertz CT molecular complexity index is 428. The number of nitrogens with zero attached hydrogens (tertiary/aromatic N) is 4. The Morgan fingerprint density at radius 3 is 2.62 bits per heavy atom. The molecule has 0 spiro atoms. The van der Waals surface area contributed by atoms with Crippen molar-refractivity contribution in [3.8, 4) is 0 Å². The second kappa shape index (κ2) is 7.71. The monoisotopic (exact) mass is 291 g/mol. The lowest BCUT2D eigenvalue weighted by molar-refractivity contribution is 0.408. The molecule has 21 heavy (non-hydrogen) atoms. The van der Waals surface area contributed by atoms with Crippen LogP contribution in [0.4, 0.5) is 5.82 Å². The molecule has 0 unspecified atom stereocenters. The highest BCUT2D eigenvalue weighted by molar-refractivity contribution is 5.36. The highest BCUT2D eigenvalue weighted by Crippen LogP contribution is 2.19. The van der Waals surface area contributed by atoms with E-state index in [-0.39, 0.29) is 0 Å². The smallest absolute Gasteiger partial charge is 0.147 e. The van der Waals surface area contributed by atoms with Gasteiger partial charge < -0.3 is 15.1 Å². The lowest BCUT2D eigenvalue weighted by Gasteiger charge is -2.27. The molecule has 1 fully saturated rings. The average molecular weight is 291 g/mol. The maximum Gasteiger partial charge on any atom is 0.147 e. The molecule has 0 aliphatic heterocycles. The van der Waals surface area contributed by atoms with E-state index in [4.69, 9.17) is 4.98 Å². The van der Waals surface area contributed by atoms with Crippen molar-refractivity contribution in [3.63, 3.8) is 0 Å². The van der Waals surface area contributed by atoms with Gasteiger partial charge in [0.25, 0.3) is 0 Å². The highest BCUT2D eigenvalue weighted by atomic mass is 15.2. The second-order valence-electron chi connectivity index (χ2n) is 6.67. The molecule has 1 heterocycles. The Kier molecular flexibility index (Phi) is 5.94. The number of nitrogens with one attached hydrogen (secondary N) is 1. The zero-order valence-electron chi connectivity index (χ0n) is 13.8. The summed E-state index contributed by atoms with van der Waals surface area (Å²) < 4.78 is 0. The van der Waals surface area contributed by atoms with Gasteiger partial charge in [-0.3, -0.25) is 4.98 Å². The minimum Gasteiger partial charge on any atom is -0.354 e. The van der Waals surface area contributed by atoms with Crippen LogP contribution < -0.4 is 10.2 Å². The summed E-state index contributed by atoms with van der Waals surface area (Å²) in [7, 11) is 4.21. The van der Waals surface area contributed by atoms with E-state index in [0.717, 1.165) is 37.7 Å². The van der Waals surface area contributed by atoms with Crippen LogP contribution in [0.3, 0.4) is 0 Å². The van der Waals surface area contributed by atoms with Crippen molar-refractivity contribution in [1.82, 2.24) is 20.2 Å². The molecular formula is C16H29N5. The topological polar surface area (TPSA) is 44.3 Å². The fourth-order valence-corrected chi connectivity index (χ4v) is 2.23. The predicted octanol–water partition coefficient (Wildman–Crippen LogP) is 1.75. The van der Waals surface area contributed by atoms with Crippen LogP contribution in [0.15, 0.2) is 12.4 Å². The number of anilines is 1. The molecule has 0 saturated heterocycles. The Balaban J connectivity index is 2.00. The molecule has 1 aliphatic rings. The van der Waals surface area contributed by atoms with Gasteiger partial charge in [0.1, 0.15) is 5.82 Å². The van der Waals surface area contributed by atoms with E-state index in [1.807, 2.05) is 12.4 Å². The lowest BCUT2D eigenvalue weighted by Crippen LogP contribution is -2.35. The first-order valence-corrected chi connectivity index (χ1v) is 7.98. The lowest BCUT2D eigenvalue weighted by atomic mass is 10.2. The minimum atomic E-state index is 0.613. The van der Waals surface area contributed by atoms with E-state index >= 15 is 0 Å². The van der Waals surface area contributed by atoms with Crippen LogP contribution in [0.2, 0.25) is 0 Å². The maximum atomic E-state index is 4.79. The summed E-state index contributed by atoms with van der Waals surface area (Å²) in [6.07, 6.45) is 6.36. The van der Waals surface area contributed by atoms with Gasteiger partial charge in [-0.15, -0.1) is 0 Å². The van der Waals surface area contributed by atoms with E-state index in [1.54, 1.807) is 0 Å². The summed E-state index contributed by atoms with van der Waals surface area (Å²) in [4.78, 5) is 13.7. The van der Waals surface area contributed by atoms with Crippen molar-refractivity contribution >= 4 is 5.82 Å². The van der Waals surface area contributed by atoms with Crippen LogP contribution in [0.1, 0.15) is 32.4 Å². The fourth-order valence-electron chi connectivity index (χ4n) is 2.23. The Labute approximate surface area is 128 Å². The zero-order chi connectivity index (χ0) is 15.2. The van der Waals surface area contributed by atoms with Gasteiger partial charge in [-0.1, -0.05) is 13.8 Å². The molecule has 5 heteroatoms. The summed E-state index contributed by atoms with van der Waals surface area (Å²) >= 11 is 0. The fraction of sp³-hybridized carbons (Fsp3) is 0.750. The molecule has 1 aromatic heterocycles. The normalized spacial score (nSPS) is 15.0. The van der Waals surface area contributed by atoms with Gasteiger partial charge in [-0.25, -0.2) is 4.98 Å². The summed E-state index contributed by atoms with van der Waals surface area (Å²) in [6, 6.07) is 0.705. The zero-order valence-corrected chi connectivity index (χ0v) is 13.8. The standard InChI is InChI=1S/C16H29N5/c1-13(2)12-21(8-7-20(3)4)16-11-17-9-15(19-16)10-18-14-5-6-14/h9,11,13-14,18H,5-8,10,12H2,1-4H3. The molecule has 0 atom stereocenters. The van der Waals surface area contributed by atoms with Crippen LogP contribution >= 0.6 is 0 Å². The first-order chi connectivity index (χ1) is 10.0. The van der Waals surface area contributed by atoms with Crippen molar-refractivity contribution < 1.29 is 0 Å². The van der Waals surface area contributed by atoms with Crippen molar-refractivity contribution in [2.24, 2.45) is 5.92 Å². The van der Waals surface area contributed by atoms with Gasteiger partial charge in [0.2, 0.25) is 0 Å². The van der Waals surface area contributed by atoms with Gasteiger partial charge in [0, 0.05) is 38.4 Å². The predicted molar refractivity (Wildman–Crippen MR) is 87.5 cm³/mol. The molecule has 2 rings (SSSR count). The van der Waals surface area contributed by atoms with Crippen LogP contribution in [-0.2, 0) is 6.54 Å². The van der Waals surface area contributed by atoms with Gasteiger partial charge >= 0.3 is 0 Å². The number of hydrogen-bond donors (Lipinski definition) is 1. The Morgan fingerprint density at radius 1 is 1.24 bits per heavy atom. The first-order valence-electron chi connectivity index (χ1n) is 7.98. The largest absolute Gasteiger partial charge is 0.354 e. The minimum absolute atomic E-state index is 0.613. The van der Waals surface area contributed by atoms with Gasteiger partial charge in [0.05, 0.1) is 11.9 Å². The van der Waals surface area contributed by atoms with Crippen molar-refractivity contribution in [2.45, 2.75) is 39.3 Å². The summed E-state index contributed by atoms with van der Waals surface area (Å²) in [5.74, 6) is 1.61. The quantitative estimate of drug-likeness (QED) is 0.751. The molecule has 1 aromatic rings. The van der Waals surface area contributed by atoms with Crippen LogP contribution in [0.5, 0.6) is 0 Å². The third kappa shape index (κ3) is 5.98. The van der Waals surface area contributed by atoms with Crippen LogP contribution in [-0.4, -0.2) is 54.6 Å². The number of aromatic nitrogens is 2. The second-order valence-corrected chi connectivity index (χ2v) is 6.67. The Morgan fingerprint density at radius 2 is 2.00 bits per heavy atom. The molecule has 1 N–H and O–H groups in total. The molecule has 118 valence electrons. The first kappa shape index (κ1) is 16.2. The third-order valence-corrected chi connectivity index (χ3v) is 3.55. The number of rotatable bonds is 9. The Hall–Kier alpha value is -1.20. The SMILES string of the molecule is CC(C)CN(CCN(C)C)c1cncc(CNC2CC2)n1. The van der Waals surface area contributed by atoms with Crippen molar-refractivity contribution in [3.05, 3.63) is 18.1 Å². The molecule has 0 bridgehead atoms. The van der Waals surface area contributed by atoms with Gasteiger partial charge in [0.15, 0.2) is 0 Å². The molecular weight excluding hydrogens is 262 g/mol. The molecule has 5 nitrogen and oxygen atoms in total. The van der Waals surface area contributed by atoms with E-state index in [0.29, 0.717) is 12.0 Å². The van der Waals surface area contributed by atoms with Crippen molar-refractivity contribution in [1.29, 1.82) is 0 Å². The molecule has 1 aliphatic carbocycles. The molecule has 0 radical (unpaired) electrons. The molecule has 0 aromatic carbocycles. The number of likely N-dealkylation sites (N-methyl/N-ethyl adjacent to an activating group) is 1. The number of hydrogen-bond acceptors (Lipinski definition) is 5. The van der Waals surface area contributed by atoms with E-state index in [1.165, 1.54) is 12.8 Å². The van der Waals surface area contributed by atoms with E-state index in [9.17, 15) is 0 Å². The molecule has 0 amide bonds. The van der Waals surface area contributed by atoms with Crippen molar-refractivity contribution in [2.75, 3.05) is 38.6 Å². The van der Waals surface area contributed by atoms with Crippen LogP contribution in [0.25, 0.3) is 0 Å². The third-order valence-electron chi connectivity index (χ3n) is 3.55. The van der Waals surface area contributed by atoms with E-state index in [2.05, 4.69) is 48.0 Å².